The molecule has 0 aliphatic carbocycles. The Bertz CT molecular complexity index is 277. The number of carbonyl (C=O) groups is 2. The van der Waals surface area contributed by atoms with Crippen LogP contribution in [0.5, 0.6) is 0 Å². The number of ether oxygens (including phenoxy) is 1. The predicted octanol–water partition coefficient (Wildman–Crippen LogP) is 0.965. The van der Waals surface area contributed by atoms with Crippen LogP contribution in [0, 0.1) is 5.92 Å². The average Bonchev–Trinajstić information content (AvgIpc) is 2.84. The molecule has 0 saturated carbocycles. The van der Waals surface area contributed by atoms with Gasteiger partial charge in [-0.05, 0) is 12.8 Å². The molecule has 0 bridgehead atoms. The first-order valence-electron chi connectivity index (χ1n) is 6.48. The summed E-state index contributed by atoms with van der Waals surface area (Å²) in [4.78, 5) is 22.5. The number of rotatable bonds is 7. The molecule has 1 rings (SSSR count). The molecule has 0 aromatic carbocycles. The zero-order valence-corrected chi connectivity index (χ0v) is 10.8. The van der Waals surface area contributed by atoms with E-state index in [-0.39, 0.29) is 0 Å². The number of hydrogen-bond acceptors (Lipinski definition) is 3. The Kier molecular flexibility index (Phi) is 6.49. The third-order valence-corrected chi connectivity index (χ3v) is 3.03. The van der Waals surface area contributed by atoms with E-state index in [1.807, 2.05) is 6.92 Å². The fourth-order valence-corrected chi connectivity index (χ4v) is 1.86. The summed E-state index contributed by atoms with van der Waals surface area (Å²) in [6.07, 6.45) is 3.10. The monoisotopic (exact) mass is 258 g/mol. The van der Waals surface area contributed by atoms with Gasteiger partial charge in [-0.2, -0.15) is 0 Å². The van der Waals surface area contributed by atoms with E-state index in [9.17, 15) is 9.59 Å². The summed E-state index contributed by atoms with van der Waals surface area (Å²) >= 11 is 0. The summed E-state index contributed by atoms with van der Waals surface area (Å²) in [7, 11) is 0. The highest BCUT2D eigenvalue weighted by atomic mass is 16.5. The molecule has 6 heteroatoms. The van der Waals surface area contributed by atoms with Crippen molar-refractivity contribution < 1.29 is 19.4 Å². The minimum Gasteiger partial charge on any atom is -0.480 e. The summed E-state index contributed by atoms with van der Waals surface area (Å²) in [5.74, 6) is -0.641. The Balaban J connectivity index is 2.24. The van der Waals surface area contributed by atoms with Crippen molar-refractivity contribution in [3.63, 3.8) is 0 Å². The molecule has 1 aliphatic heterocycles. The van der Waals surface area contributed by atoms with Gasteiger partial charge in [0.2, 0.25) is 0 Å². The van der Waals surface area contributed by atoms with E-state index in [0.717, 1.165) is 25.9 Å². The summed E-state index contributed by atoms with van der Waals surface area (Å²) in [6.45, 7) is 3.92. The highest BCUT2D eigenvalue weighted by Crippen LogP contribution is 2.10. The molecule has 2 amide bonds. The zero-order chi connectivity index (χ0) is 13.4. The van der Waals surface area contributed by atoms with E-state index >= 15 is 0 Å². The van der Waals surface area contributed by atoms with Gasteiger partial charge in [0.05, 0.1) is 6.61 Å². The van der Waals surface area contributed by atoms with Crippen LogP contribution in [0.2, 0.25) is 0 Å². The van der Waals surface area contributed by atoms with E-state index in [4.69, 9.17) is 9.84 Å². The molecule has 0 aromatic rings. The molecule has 3 N–H and O–H groups in total. The molecule has 1 fully saturated rings. The van der Waals surface area contributed by atoms with Crippen molar-refractivity contribution in [1.29, 1.82) is 0 Å². The molecule has 0 aromatic heterocycles. The van der Waals surface area contributed by atoms with Gasteiger partial charge in [0.1, 0.15) is 6.04 Å². The van der Waals surface area contributed by atoms with Gasteiger partial charge < -0.3 is 20.5 Å². The van der Waals surface area contributed by atoms with Gasteiger partial charge in [-0.25, -0.2) is 9.59 Å². The van der Waals surface area contributed by atoms with Crippen LogP contribution in [0.3, 0.4) is 0 Å². The van der Waals surface area contributed by atoms with Gasteiger partial charge in [0.25, 0.3) is 0 Å². The lowest BCUT2D eigenvalue weighted by atomic mass is 10.1. The maximum atomic E-state index is 11.6. The van der Waals surface area contributed by atoms with Crippen molar-refractivity contribution >= 4 is 12.0 Å². The molecule has 2 atom stereocenters. The van der Waals surface area contributed by atoms with Crippen molar-refractivity contribution in [3.05, 3.63) is 0 Å². The Morgan fingerprint density at radius 1 is 1.50 bits per heavy atom. The molecule has 1 unspecified atom stereocenters. The minimum atomic E-state index is -0.984. The largest absolute Gasteiger partial charge is 0.480 e. The first-order valence-corrected chi connectivity index (χ1v) is 6.48. The number of nitrogens with one attached hydrogen (secondary N) is 2. The summed E-state index contributed by atoms with van der Waals surface area (Å²) in [6, 6.07) is -1.21. The van der Waals surface area contributed by atoms with E-state index in [1.165, 1.54) is 0 Å². The van der Waals surface area contributed by atoms with Crippen LogP contribution >= 0.6 is 0 Å². The SMILES string of the molecule is CCCC[C@H](NC(=O)NCC1CCOC1)C(=O)O. The Hall–Kier alpha value is -1.30. The Morgan fingerprint density at radius 2 is 2.28 bits per heavy atom. The molecule has 6 nitrogen and oxygen atoms in total. The van der Waals surface area contributed by atoms with Crippen LogP contribution < -0.4 is 10.6 Å². The summed E-state index contributed by atoms with van der Waals surface area (Å²) in [5.41, 5.74) is 0. The number of carboxylic acid groups (broad SMARTS) is 1. The van der Waals surface area contributed by atoms with Gasteiger partial charge >= 0.3 is 12.0 Å². The smallest absolute Gasteiger partial charge is 0.326 e. The summed E-state index contributed by atoms with van der Waals surface area (Å²) in [5, 5.41) is 14.1. The zero-order valence-electron chi connectivity index (χ0n) is 10.8. The number of carbonyl (C=O) groups excluding carboxylic acids is 1. The molecule has 0 spiro atoms. The lowest BCUT2D eigenvalue weighted by molar-refractivity contribution is -0.139. The quantitative estimate of drug-likeness (QED) is 0.635. The number of unbranched alkanes of at least 4 members (excludes halogenated alkanes) is 1. The maximum Gasteiger partial charge on any atom is 0.326 e. The van der Waals surface area contributed by atoms with Gasteiger partial charge in [-0.3, -0.25) is 0 Å². The van der Waals surface area contributed by atoms with Gasteiger partial charge in [-0.1, -0.05) is 19.8 Å². The molecule has 1 heterocycles. The fraction of sp³-hybridized carbons (Fsp3) is 0.833. The van der Waals surface area contributed by atoms with Crippen molar-refractivity contribution in [2.24, 2.45) is 5.92 Å². The standard InChI is InChI=1S/C12H22N2O4/c1-2-3-4-10(11(15)16)14-12(17)13-7-9-5-6-18-8-9/h9-10H,2-8H2,1H3,(H,15,16)(H2,13,14,17)/t9?,10-/m0/s1. The summed E-state index contributed by atoms with van der Waals surface area (Å²) < 4.78 is 5.20. The number of aliphatic carboxylic acids is 1. The van der Waals surface area contributed by atoms with Gasteiger partial charge in [0, 0.05) is 19.1 Å². The van der Waals surface area contributed by atoms with E-state index in [2.05, 4.69) is 10.6 Å². The maximum absolute atomic E-state index is 11.6. The third-order valence-electron chi connectivity index (χ3n) is 3.03. The van der Waals surface area contributed by atoms with Crippen molar-refractivity contribution in [1.82, 2.24) is 10.6 Å². The molecule has 18 heavy (non-hydrogen) atoms. The van der Waals surface area contributed by atoms with Crippen molar-refractivity contribution in [2.75, 3.05) is 19.8 Å². The minimum absolute atomic E-state index is 0.342. The van der Waals surface area contributed by atoms with Crippen LogP contribution in [0.25, 0.3) is 0 Å². The third kappa shape index (κ3) is 5.35. The lowest BCUT2D eigenvalue weighted by Crippen LogP contribution is -2.47. The number of urea groups is 1. The first kappa shape index (κ1) is 14.8. The van der Waals surface area contributed by atoms with Crippen LogP contribution in [-0.4, -0.2) is 42.9 Å². The molecule has 0 radical (unpaired) electrons. The van der Waals surface area contributed by atoms with Crippen molar-refractivity contribution in [2.45, 2.75) is 38.6 Å². The van der Waals surface area contributed by atoms with Crippen LogP contribution in [0.4, 0.5) is 4.79 Å². The average molecular weight is 258 g/mol. The number of amides is 2. The van der Waals surface area contributed by atoms with E-state index in [1.54, 1.807) is 0 Å². The van der Waals surface area contributed by atoms with Crippen LogP contribution in [0.1, 0.15) is 32.6 Å². The highest BCUT2D eigenvalue weighted by Gasteiger charge is 2.20. The van der Waals surface area contributed by atoms with E-state index in [0.29, 0.717) is 25.5 Å². The second-order valence-corrected chi connectivity index (χ2v) is 4.62. The highest BCUT2D eigenvalue weighted by molar-refractivity contribution is 5.82. The lowest BCUT2D eigenvalue weighted by Gasteiger charge is -2.16. The predicted molar refractivity (Wildman–Crippen MR) is 66.4 cm³/mol. The topological polar surface area (TPSA) is 87.7 Å². The number of carboxylic acids is 1. The molecule has 1 aliphatic rings. The Labute approximate surface area is 107 Å². The molecule has 1 saturated heterocycles. The van der Waals surface area contributed by atoms with Crippen LogP contribution in [-0.2, 0) is 9.53 Å². The first-order chi connectivity index (χ1) is 8.63. The molecular weight excluding hydrogens is 236 g/mol. The molecule has 104 valence electrons. The normalized spacial score (nSPS) is 20.4. The van der Waals surface area contributed by atoms with Gasteiger partial charge in [-0.15, -0.1) is 0 Å². The van der Waals surface area contributed by atoms with Gasteiger partial charge in [0.15, 0.2) is 0 Å². The Morgan fingerprint density at radius 3 is 2.83 bits per heavy atom. The second-order valence-electron chi connectivity index (χ2n) is 4.62. The van der Waals surface area contributed by atoms with E-state index < -0.39 is 18.0 Å². The molecular formula is C12H22N2O4. The fourth-order valence-electron chi connectivity index (χ4n) is 1.86. The van der Waals surface area contributed by atoms with Crippen LogP contribution in [0.15, 0.2) is 0 Å². The second kappa shape index (κ2) is 7.92. The number of hydrogen-bond donors (Lipinski definition) is 3. The van der Waals surface area contributed by atoms with Crippen molar-refractivity contribution in [3.8, 4) is 0 Å².